The van der Waals surface area contributed by atoms with E-state index in [1.165, 1.54) is 0 Å². The molecule has 1 aromatic heterocycles. The van der Waals surface area contributed by atoms with Crippen LogP contribution in [0.4, 0.5) is 0 Å². The van der Waals surface area contributed by atoms with Gasteiger partial charge in [-0.3, -0.25) is 0 Å². The molecule has 0 aliphatic heterocycles. The Morgan fingerprint density at radius 1 is 1.67 bits per heavy atom. The van der Waals surface area contributed by atoms with Gasteiger partial charge < -0.3 is 5.21 Å². The zero-order valence-electron chi connectivity index (χ0n) is 7.16. The van der Waals surface area contributed by atoms with Crippen LogP contribution in [0.3, 0.4) is 0 Å². The molecule has 0 atom stereocenters. The number of oxime groups is 1. The van der Waals surface area contributed by atoms with Gasteiger partial charge in [0.05, 0.1) is 10.6 Å². The van der Waals surface area contributed by atoms with Crippen molar-refractivity contribution in [1.29, 1.82) is 0 Å². The molecule has 1 aromatic rings. The van der Waals surface area contributed by atoms with Crippen LogP contribution in [0.2, 0.25) is 0 Å². The molecule has 0 unspecified atom stereocenters. The topological polar surface area (TPSA) is 32.6 Å². The highest BCUT2D eigenvalue weighted by Crippen LogP contribution is 2.13. The lowest BCUT2D eigenvalue weighted by Crippen LogP contribution is -1.97. The van der Waals surface area contributed by atoms with E-state index in [1.54, 1.807) is 11.3 Å². The fourth-order valence-electron chi connectivity index (χ4n) is 1.01. The number of hydrogen-bond acceptors (Lipinski definition) is 3. The molecular formula is C9H13NOS. The number of unbranched alkanes of at least 4 members (excludes halogenated alkanes) is 1. The molecule has 2 nitrogen and oxygen atoms in total. The van der Waals surface area contributed by atoms with Crippen LogP contribution in [0, 0.1) is 0 Å². The van der Waals surface area contributed by atoms with E-state index in [9.17, 15) is 0 Å². The molecule has 0 amide bonds. The molecule has 0 fully saturated rings. The Balaban J connectivity index is 2.59. The van der Waals surface area contributed by atoms with Crippen LogP contribution in [0.5, 0.6) is 0 Å². The molecule has 0 saturated carbocycles. The molecule has 1 rings (SSSR count). The molecule has 1 N–H and O–H groups in total. The van der Waals surface area contributed by atoms with Gasteiger partial charge in [0.2, 0.25) is 0 Å². The van der Waals surface area contributed by atoms with Gasteiger partial charge in [0.25, 0.3) is 0 Å². The largest absolute Gasteiger partial charge is 0.411 e. The van der Waals surface area contributed by atoms with Crippen LogP contribution in [0.15, 0.2) is 22.7 Å². The molecule has 0 aromatic carbocycles. The fraction of sp³-hybridized carbons (Fsp3) is 0.444. The Morgan fingerprint density at radius 3 is 3.00 bits per heavy atom. The monoisotopic (exact) mass is 183 g/mol. The SMILES string of the molecule is CCCCC(=NO)c1cccs1. The zero-order chi connectivity index (χ0) is 8.81. The van der Waals surface area contributed by atoms with E-state index < -0.39 is 0 Å². The summed E-state index contributed by atoms with van der Waals surface area (Å²) in [4.78, 5) is 1.07. The molecule has 1 heterocycles. The Bertz CT molecular complexity index is 241. The maximum Gasteiger partial charge on any atom is 0.0967 e. The minimum Gasteiger partial charge on any atom is -0.411 e. The van der Waals surface area contributed by atoms with Crippen LogP contribution in [-0.2, 0) is 0 Å². The summed E-state index contributed by atoms with van der Waals surface area (Å²) in [6.45, 7) is 2.13. The normalized spacial score (nSPS) is 11.9. The van der Waals surface area contributed by atoms with Crippen molar-refractivity contribution in [3.8, 4) is 0 Å². The highest BCUT2D eigenvalue weighted by atomic mass is 32.1. The minimum atomic E-state index is 0.812. The Kier molecular flexibility index (Phi) is 3.80. The van der Waals surface area contributed by atoms with Crippen LogP contribution in [0.25, 0.3) is 0 Å². The highest BCUT2D eigenvalue weighted by molar-refractivity contribution is 7.12. The predicted molar refractivity (Wildman–Crippen MR) is 52.2 cm³/mol. The van der Waals surface area contributed by atoms with Gasteiger partial charge in [0.1, 0.15) is 0 Å². The lowest BCUT2D eigenvalue weighted by molar-refractivity contribution is 0.318. The van der Waals surface area contributed by atoms with Crippen molar-refractivity contribution in [2.24, 2.45) is 5.16 Å². The van der Waals surface area contributed by atoms with Crippen molar-refractivity contribution in [3.05, 3.63) is 22.4 Å². The molecule has 66 valence electrons. The van der Waals surface area contributed by atoms with Crippen LogP contribution >= 0.6 is 11.3 Å². The number of rotatable bonds is 4. The number of nitrogens with zero attached hydrogens (tertiary/aromatic N) is 1. The maximum absolute atomic E-state index is 8.72. The lowest BCUT2D eigenvalue weighted by atomic mass is 10.1. The van der Waals surface area contributed by atoms with Gasteiger partial charge in [-0.15, -0.1) is 11.3 Å². The number of thiophene rings is 1. The zero-order valence-corrected chi connectivity index (χ0v) is 7.97. The molecular weight excluding hydrogens is 170 g/mol. The second-order valence-electron chi connectivity index (χ2n) is 2.63. The smallest absolute Gasteiger partial charge is 0.0967 e. The first kappa shape index (κ1) is 9.26. The van der Waals surface area contributed by atoms with Gasteiger partial charge >= 0.3 is 0 Å². The molecule has 12 heavy (non-hydrogen) atoms. The molecule has 0 spiro atoms. The van der Waals surface area contributed by atoms with E-state index in [2.05, 4.69) is 12.1 Å². The summed E-state index contributed by atoms with van der Waals surface area (Å²) in [6, 6.07) is 3.95. The second kappa shape index (κ2) is 4.93. The molecule has 0 aliphatic carbocycles. The summed E-state index contributed by atoms with van der Waals surface area (Å²) in [5.41, 5.74) is 0.812. The average Bonchev–Trinajstić information content (AvgIpc) is 2.59. The highest BCUT2D eigenvalue weighted by Gasteiger charge is 2.03. The summed E-state index contributed by atoms with van der Waals surface area (Å²) >= 11 is 1.62. The number of hydrogen-bond donors (Lipinski definition) is 1. The van der Waals surface area contributed by atoms with E-state index in [0.717, 1.165) is 29.9 Å². The summed E-state index contributed by atoms with van der Waals surface area (Å²) in [5, 5.41) is 14.0. The van der Waals surface area contributed by atoms with E-state index in [4.69, 9.17) is 5.21 Å². The van der Waals surface area contributed by atoms with Crippen LogP contribution < -0.4 is 0 Å². The Labute approximate surface area is 76.5 Å². The van der Waals surface area contributed by atoms with Gasteiger partial charge in [-0.2, -0.15) is 0 Å². The minimum absolute atomic E-state index is 0.812. The van der Waals surface area contributed by atoms with Gasteiger partial charge in [0.15, 0.2) is 0 Å². The summed E-state index contributed by atoms with van der Waals surface area (Å²) in [7, 11) is 0. The molecule has 0 radical (unpaired) electrons. The standard InChI is InChI=1S/C9H13NOS/c1-2-3-5-8(10-11)9-6-4-7-12-9/h4,6-7,11H,2-3,5H2,1H3. The maximum atomic E-state index is 8.72. The second-order valence-corrected chi connectivity index (χ2v) is 3.58. The molecule has 0 aliphatic rings. The van der Waals surface area contributed by atoms with E-state index in [1.807, 2.05) is 17.5 Å². The third-order valence-corrected chi connectivity index (χ3v) is 2.61. The molecule has 0 saturated heterocycles. The molecule has 0 bridgehead atoms. The first-order valence-electron chi connectivity index (χ1n) is 4.13. The first-order chi connectivity index (χ1) is 5.88. The van der Waals surface area contributed by atoms with Crippen molar-refractivity contribution >= 4 is 17.0 Å². The first-order valence-corrected chi connectivity index (χ1v) is 5.01. The van der Waals surface area contributed by atoms with E-state index >= 15 is 0 Å². The van der Waals surface area contributed by atoms with Gasteiger partial charge in [0, 0.05) is 0 Å². The van der Waals surface area contributed by atoms with Crippen molar-refractivity contribution in [3.63, 3.8) is 0 Å². The fourth-order valence-corrected chi connectivity index (χ4v) is 1.75. The van der Waals surface area contributed by atoms with Crippen molar-refractivity contribution in [2.75, 3.05) is 0 Å². The lowest BCUT2D eigenvalue weighted by Gasteiger charge is -1.98. The van der Waals surface area contributed by atoms with Crippen LogP contribution in [0.1, 0.15) is 31.1 Å². The summed E-state index contributed by atoms with van der Waals surface area (Å²) in [5.74, 6) is 0. The van der Waals surface area contributed by atoms with Crippen molar-refractivity contribution < 1.29 is 5.21 Å². The Hall–Kier alpha value is -0.830. The third kappa shape index (κ3) is 2.34. The molecule has 3 heteroatoms. The van der Waals surface area contributed by atoms with Crippen LogP contribution in [-0.4, -0.2) is 10.9 Å². The predicted octanol–water partition coefficient (Wildman–Crippen LogP) is 3.12. The Morgan fingerprint density at radius 2 is 2.50 bits per heavy atom. The van der Waals surface area contributed by atoms with Gasteiger partial charge in [-0.05, 0) is 24.3 Å². The van der Waals surface area contributed by atoms with Gasteiger partial charge in [-0.1, -0.05) is 24.6 Å². The average molecular weight is 183 g/mol. The summed E-state index contributed by atoms with van der Waals surface area (Å²) < 4.78 is 0. The van der Waals surface area contributed by atoms with Crippen molar-refractivity contribution in [1.82, 2.24) is 0 Å². The van der Waals surface area contributed by atoms with Crippen molar-refractivity contribution in [2.45, 2.75) is 26.2 Å². The quantitative estimate of drug-likeness (QED) is 0.434. The van der Waals surface area contributed by atoms with E-state index in [-0.39, 0.29) is 0 Å². The van der Waals surface area contributed by atoms with E-state index in [0.29, 0.717) is 0 Å². The van der Waals surface area contributed by atoms with Gasteiger partial charge in [-0.25, -0.2) is 0 Å². The third-order valence-electron chi connectivity index (χ3n) is 1.69. The summed E-state index contributed by atoms with van der Waals surface area (Å²) in [6.07, 6.45) is 3.08.